The summed E-state index contributed by atoms with van der Waals surface area (Å²) in [5.74, 6) is 0. The van der Waals surface area contributed by atoms with Gasteiger partial charge in [-0.2, -0.15) is 4.99 Å². The summed E-state index contributed by atoms with van der Waals surface area (Å²) in [5, 5.41) is 0.625. The van der Waals surface area contributed by atoms with Crippen LogP contribution in [0.3, 0.4) is 0 Å². The topological polar surface area (TPSA) is 38.7 Å². The van der Waals surface area contributed by atoms with Crippen LogP contribution in [0.2, 0.25) is 5.02 Å². The predicted molar refractivity (Wildman–Crippen MR) is 49.3 cm³/mol. The first-order valence-electron chi connectivity index (χ1n) is 3.76. The van der Waals surface area contributed by atoms with Gasteiger partial charge in [-0.05, 0) is 12.1 Å². The van der Waals surface area contributed by atoms with E-state index in [1.165, 1.54) is 0 Å². The Balaban J connectivity index is 2.36. The van der Waals surface area contributed by atoms with Crippen molar-refractivity contribution in [2.45, 2.75) is 0 Å². The van der Waals surface area contributed by atoms with Crippen molar-refractivity contribution in [1.82, 2.24) is 0 Å². The van der Waals surface area contributed by atoms with Crippen LogP contribution >= 0.6 is 11.6 Å². The van der Waals surface area contributed by atoms with Crippen molar-refractivity contribution in [2.75, 3.05) is 6.61 Å². The van der Waals surface area contributed by atoms with Gasteiger partial charge in [0.25, 0.3) is 0 Å². The summed E-state index contributed by atoms with van der Waals surface area (Å²) in [4.78, 5) is 14.4. The van der Waals surface area contributed by atoms with Gasteiger partial charge in [-0.1, -0.05) is 23.7 Å². The molecule has 0 fully saturated rings. The third-order valence-corrected chi connectivity index (χ3v) is 1.95. The number of carbonyl (C=O) groups excluding carboxylic acids is 1. The van der Waals surface area contributed by atoms with Crippen molar-refractivity contribution in [1.29, 1.82) is 0 Å². The molecule has 1 aliphatic heterocycles. The second-order valence-electron chi connectivity index (χ2n) is 2.62. The van der Waals surface area contributed by atoms with Crippen LogP contribution in [0.1, 0.15) is 5.56 Å². The molecule has 1 amide bonds. The summed E-state index contributed by atoms with van der Waals surface area (Å²) in [6, 6.07) is 7.17. The zero-order valence-corrected chi connectivity index (χ0v) is 7.41. The van der Waals surface area contributed by atoms with E-state index in [1.807, 2.05) is 12.1 Å². The molecule has 1 aromatic carbocycles. The van der Waals surface area contributed by atoms with Gasteiger partial charge in [0.05, 0.1) is 5.71 Å². The van der Waals surface area contributed by atoms with E-state index < -0.39 is 6.09 Å². The summed E-state index contributed by atoms with van der Waals surface area (Å²) < 4.78 is 4.67. The Bertz CT molecular complexity index is 387. The fourth-order valence-electron chi connectivity index (χ4n) is 1.12. The Morgan fingerprint density at radius 1 is 1.46 bits per heavy atom. The third-order valence-electron chi connectivity index (χ3n) is 1.72. The molecule has 0 aromatic heterocycles. The smallest absolute Gasteiger partial charge is 0.434 e. The number of hydrogen-bond donors (Lipinski definition) is 0. The fraction of sp³-hybridized carbons (Fsp3) is 0.111. The molecule has 0 saturated heterocycles. The number of aliphatic imine (C=N–C) groups is 1. The average molecular weight is 196 g/mol. The molecule has 0 radical (unpaired) electrons. The highest BCUT2D eigenvalue weighted by molar-refractivity contribution is 6.31. The predicted octanol–water partition coefficient (Wildman–Crippen LogP) is 2.28. The van der Waals surface area contributed by atoms with E-state index in [1.54, 1.807) is 12.1 Å². The normalized spacial score (nSPS) is 15.5. The SMILES string of the molecule is O=C1N=C(c2cccc(Cl)c2)CO1. The molecular formula is C9H6ClNO2. The molecule has 0 bridgehead atoms. The number of carbonyl (C=O) groups is 1. The molecule has 4 heteroatoms. The van der Waals surface area contributed by atoms with Crippen LogP contribution in [-0.2, 0) is 4.74 Å². The average Bonchev–Trinajstić information content (AvgIpc) is 2.52. The van der Waals surface area contributed by atoms with Gasteiger partial charge in [-0.15, -0.1) is 0 Å². The van der Waals surface area contributed by atoms with Crippen LogP contribution in [0.4, 0.5) is 4.79 Å². The van der Waals surface area contributed by atoms with Gasteiger partial charge >= 0.3 is 6.09 Å². The van der Waals surface area contributed by atoms with Crippen molar-refractivity contribution in [2.24, 2.45) is 4.99 Å². The van der Waals surface area contributed by atoms with E-state index in [4.69, 9.17) is 11.6 Å². The maximum Gasteiger partial charge on any atom is 0.434 e. The molecule has 0 spiro atoms. The molecule has 3 nitrogen and oxygen atoms in total. The molecule has 0 N–H and O–H groups in total. The van der Waals surface area contributed by atoms with Crippen LogP contribution in [0.15, 0.2) is 29.3 Å². The van der Waals surface area contributed by atoms with E-state index in [2.05, 4.69) is 9.73 Å². The summed E-state index contributed by atoms with van der Waals surface area (Å²) in [6.45, 7) is 0.235. The van der Waals surface area contributed by atoms with Crippen molar-refractivity contribution in [3.63, 3.8) is 0 Å². The molecule has 0 unspecified atom stereocenters. The van der Waals surface area contributed by atoms with E-state index in [9.17, 15) is 4.79 Å². The summed E-state index contributed by atoms with van der Waals surface area (Å²) in [7, 11) is 0. The van der Waals surface area contributed by atoms with Crippen molar-refractivity contribution in [3.05, 3.63) is 34.9 Å². The monoisotopic (exact) mass is 195 g/mol. The summed E-state index contributed by atoms with van der Waals surface area (Å²) in [6.07, 6.45) is -0.532. The number of rotatable bonds is 1. The summed E-state index contributed by atoms with van der Waals surface area (Å²) >= 11 is 5.78. The van der Waals surface area contributed by atoms with Gasteiger partial charge in [0.2, 0.25) is 0 Å². The van der Waals surface area contributed by atoms with E-state index in [0.717, 1.165) is 5.56 Å². The zero-order chi connectivity index (χ0) is 9.26. The number of benzene rings is 1. The Morgan fingerprint density at radius 3 is 2.92 bits per heavy atom. The van der Waals surface area contributed by atoms with E-state index in [0.29, 0.717) is 10.7 Å². The number of cyclic esters (lactones) is 1. The second-order valence-corrected chi connectivity index (χ2v) is 3.06. The first kappa shape index (κ1) is 8.26. The molecule has 0 saturated carbocycles. The minimum Gasteiger partial charge on any atom is -0.441 e. The summed E-state index contributed by atoms with van der Waals surface area (Å²) in [5.41, 5.74) is 1.46. The molecule has 0 atom stereocenters. The van der Waals surface area contributed by atoms with Crippen LogP contribution in [0, 0.1) is 0 Å². The van der Waals surface area contributed by atoms with Gasteiger partial charge < -0.3 is 4.74 Å². The second kappa shape index (κ2) is 3.18. The van der Waals surface area contributed by atoms with Crippen LogP contribution < -0.4 is 0 Å². The lowest BCUT2D eigenvalue weighted by Crippen LogP contribution is -2.02. The van der Waals surface area contributed by atoms with Crippen LogP contribution in [0.5, 0.6) is 0 Å². The Hall–Kier alpha value is -1.35. The Labute approximate surface area is 80.0 Å². The Morgan fingerprint density at radius 2 is 2.31 bits per heavy atom. The molecule has 2 rings (SSSR count). The lowest BCUT2D eigenvalue weighted by atomic mass is 10.1. The molecule has 0 aliphatic carbocycles. The van der Waals surface area contributed by atoms with Crippen LogP contribution in [0.25, 0.3) is 0 Å². The zero-order valence-electron chi connectivity index (χ0n) is 6.66. The maximum absolute atomic E-state index is 10.7. The minimum absolute atomic E-state index is 0.235. The Kier molecular flexibility index (Phi) is 2.02. The molecule has 66 valence electrons. The number of halogens is 1. The van der Waals surface area contributed by atoms with Gasteiger partial charge in [0.15, 0.2) is 0 Å². The first-order valence-corrected chi connectivity index (χ1v) is 4.14. The molecular weight excluding hydrogens is 190 g/mol. The lowest BCUT2D eigenvalue weighted by Gasteiger charge is -1.97. The van der Waals surface area contributed by atoms with Gasteiger partial charge in [-0.3, -0.25) is 0 Å². The highest BCUT2D eigenvalue weighted by atomic mass is 35.5. The minimum atomic E-state index is -0.532. The molecule has 1 aromatic rings. The van der Waals surface area contributed by atoms with E-state index >= 15 is 0 Å². The van der Waals surface area contributed by atoms with Crippen molar-refractivity contribution >= 4 is 23.4 Å². The van der Waals surface area contributed by atoms with Crippen LogP contribution in [-0.4, -0.2) is 18.4 Å². The number of amides is 1. The van der Waals surface area contributed by atoms with Crippen molar-refractivity contribution < 1.29 is 9.53 Å². The highest BCUT2D eigenvalue weighted by Crippen LogP contribution is 2.14. The third kappa shape index (κ3) is 1.70. The standard InChI is InChI=1S/C9H6ClNO2/c10-7-3-1-2-6(4-7)8-5-13-9(12)11-8/h1-4H,5H2. The van der Waals surface area contributed by atoms with E-state index in [-0.39, 0.29) is 6.61 Å². The highest BCUT2D eigenvalue weighted by Gasteiger charge is 2.16. The van der Waals surface area contributed by atoms with Gasteiger partial charge in [0.1, 0.15) is 6.61 Å². The van der Waals surface area contributed by atoms with Gasteiger partial charge in [0, 0.05) is 10.6 Å². The first-order chi connectivity index (χ1) is 6.25. The number of hydrogen-bond acceptors (Lipinski definition) is 2. The fourth-order valence-corrected chi connectivity index (χ4v) is 1.31. The maximum atomic E-state index is 10.7. The number of nitrogens with zero attached hydrogens (tertiary/aromatic N) is 1. The molecule has 1 aliphatic rings. The lowest BCUT2D eigenvalue weighted by molar-refractivity contribution is 0.181. The quantitative estimate of drug-likeness (QED) is 0.690. The molecule has 13 heavy (non-hydrogen) atoms. The van der Waals surface area contributed by atoms with Gasteiger partial charge in [-0.25, -0.2) is 4.79 Å². The number of ether oxygens (including phenoxy) is 1. The van der Waals surface area contributed by atoms with Crippen molar-refractivity contribution in [3.8, 4) is 0 Å². The largest absolute Gasteiger partial charge is 0.441 e. The molecule has 1 heterocycles.